The van der Waals surface area contributed by atoms with Crippen LogP contribution in [0.3, 0.4) is 0 Å². The molecule has 2 unspecified atom stereocenters. The molecule has 0 radical (unpaired) electrons. The van der Waals surface area contributed by atoms with Gasteiger partial charge in [-0.2, -0.15) is 0 Å². The molecule has 0 saturated carbocycles. The average Bonchev–Trinajstić information content (AvgIpc) is 2.94. The van der Waals surface area contributed by atoms with E-state index in [1.807, 2.05) is 24.3 Å². The quantitative estimate of drug-likeness (QED) is 0.784. The fraction of sp³-hybridized carbons (Fsp3) is 0.478. The molecule has 0 aliphatic carbocycles. The van der Waals surface area contributed by atoms with Gasteiger partial charge in [0.25, 0.3) is 0 Å². The minimum atomic E-state index is -0.828. The molecule has 2 aliphatic heterocycles. The van der Waals surface area contributed by atoms with E-state index in [2.05, 4.69) is 35.2 Å². The average molecular weight is 367 g/mol. The van der Waals surface area contributed by atoms with E-state index in [0.717, 1.165) is 43.4 Å². The van der Waals surface area contributed by atoms with E-state index in [4.69, 9.17) is 9.47 Å². The molecule has 2 bridgehead atoms. The summed E-state index contributed by atoms with van der Waals surface area (Å²) in [6.45, 7) is 0.965. The molecule has 2 atom stereocenters. The minimum Gasteiger partial charge on any atom is -0.385 e. The van der Waals surface area contributed by atoms with Gasteiger partial charge in [-0.05, 0) is 36.8 Å². The van der Waals surface area contributed by atoms with Crippen molar-refractivity contribution in [2.75, 3.05) is 14.2 Å². The summed E-state index contributed by atoms with van der Waals surface area (Å²) in [7, 11) is 3.28. The molecule has 2 fully saturated rings. The van der Waals surface area contributed by atoms with E-state index in [1.54, 1.807) is 14.2 Å². The third-order valence-corrected chi connectivity index (χ3v) is 6.27. The number of fused-ring (bicyclic) bond motifs is 2. The molecule has 4 rings (SSSR count). The Balaban J connectivity index is 1.59. The first-order valence-corrected chi connectivity index (χ1v) is 9.81. The first-order chi connectivity index (χ1) is 13.1. The molecule has 2 aliphatic rings. The summed E-state index contributed by atoms with van der Waals surface area (Å²) in [5.74, 6) is 0. The number of nitrogens with zero attached hydrogens (tertiary/aromatic N) is 1. The zero-order valence-corrected chi connectivity index (χ0v) is 16.2. The van der Waals surface area contributed by atoms with Gasteiger partial charge in [0.2, 0.25) is 0 Å². The SMILES string of the molecule is COC(OC)c1ccccc1C1(O)CC2CCC(C1)N2Cc1ccccc1. The number of hydrogen-bond donors (Lipinski definition) is 1. The van der Waals surface area contributed by atoms with Crippen molar-refractivity contribution in [2.45, 2.75) is 56.2 Å². The maximum atomic E-state index is 11.7. The fourth-order valence-electron chi connectivity index (χ4n) is 5.06. The Morgan fingerprint density at radius 1 is 0.963 bits per heavy atom. The van der Waals surface area contributed by atoms with Crippen LogP contribution < -0.4 is 0 Å². The van der Waals surface area contributed by atoms with Gasteiger partial charge in [0.05, 0.1) is 5.60 Å². The van der Waals surface area contributed by atoms with Gasteiger partial charge in [-0.1, -0.05) is 54.6 Å². The topological polar surface area (TPSA) is 41.9 Å². The number of hydrogen-bond acceptors (Lipinski definition) is 4. The van der Waals surface area contributed by atoms with Crippen molar-refractivity contribution < 1.29 is 14.6 Å². The number of piperidine rings is 1. The normalized spacial score (nSPS) is 28.0. The van der Waals surface area contributed by atoms with Crippen molar-refractivity contribution >= 4 is 0 Å². The van der Waals surface area contributed by atoms with Crippen LogP contribution in [0, 0.1) is 0 Å². The zero-order valence-electron chi connectivity index (χ0n) is 16.2. The number of benzene rings is 2. The van der Waals surface area contributed by atoms with Gasteiger partial charge in [-0.25, -0.2) is 0 Å². The maximum absolute atomic E-state index is 11.7. The van der Waals surface area contributed by atoms with Crippen LogP contribution in [0.15, 0.2) is 54.6 Å². The maximum Gasteiger partial charge on any atom is 0.183 e. The highest BCUT2D eigenvalue weighted by Crippen LogP contribution is 2.47. The summed E-state index contributed by atoms with van der Waals surface area (Å²) in [5.41, 5.74) is 2.40. The molecule has 1 N–H and O–H groups in total. The standard InChI is InChI=1S/C23H29NO3/c1-26-22(27-2)20-10-6-7-11-21(20)23(25)14-18-12-13-19(15-23)24(18)16-17-8-4-3-5-9-17/h3-11,18-19,22,25H,12-16H2,1-2H3. The molecule has 4 heteroatoms. The fourth-order valence-corrected chi connectivity index (χ4v) is 5.06. The predicted octanol–water partition coefficient (Wildman–Crippen LogP) is 3.99. The van der Waals surface area contributed by atoms with Crippen molar-refractivity contribution in [1.29, 1.82) is 0 Å². The lowest BCUT2D eigenvalue weighted by molar-refractivity contribution is -0.112. The van der Waals surface area contributed by atoms with Crippen molar-refractivity contribution in [1.82, 2.24) is 4.90 Å². The Bertz CT molecular complexity index is 745. The Hall–Kier alpha value is -1.72. The highest BCUT2D eigenvalue weighted by molar-refractivity contribution is 5.35. The molecule has 144 valence electrons. The summed E-state index contributed by atoms with van der Waals surface area (Å²) in [6, 6.07) is 19.5. The lowest BCUT2D eigenvalue weighted by atomic mass is 9.78. The molecule has 0 aromatic heterocycles. The van der Waals surface area contributed by atoms with Gasteiger partial charge < -0.3 is 14.6 Å². The summed E-state index contributed by atoms with van der Waals surface area (Å²) in [6.07, 6.45) is 3.37. The summed E-state index contributed by atoms with van der Waals surface area (Å²) < 4.78 is 11.0. The first-order valence-electron chi connectivity index (χ1n) is 9.81. The van der Waals surface area contributed by atoms with Crippen molar-refractivity contribution in [3.63, 3.8) is 0 Å². The summed E-state index contributed by atoms with van der Waals surface area (Å²) >= 11 is 0. The molecule has 27 heavy (non-hydrogen) atoms. The van der Waals surface area contributed by atoms with Crippen molar-refractivity contribution in [2.24, 2.45) is 0 Å². The Morgan fingerprint density at radius 3 is 2.19 bits per heavy atom. The molecule has 0 amide bonds. The lowest BCUT2D eigenvalue weighted by Gasteiger charge is -2.45. The largest absolute Gasteiger partial charge is 0.385 e. The highest BCUT2D eigenvalue weighted by atomic mass is 16.7. The highest BCUT2D eigenvalue weighted by Gasteiger charge is 2.49. The van der Waals surface area contributed by atoms with Crippen LogP contribution in [-0.2, 0) is 21.6 Å². The summed E-state index contributed by atoms with van der Waals surface area (Å²) in [5, 5.41) is 11.7. The Labute approximate surface area is 161 Å². The Kier molecular flexibility index (Phi) is 5.33. The van der Waals surface area contributed by atoms with E-state index in [9.17, 15) is 5.11 Å². The van der Waals surface area contributed by atoms with Crippen LogP contribution in [-0.4, -0.2) is 36.3 Å². The van der Waals surface area contributed by atoms with Crippen LogP contribution in [0.1, 0.15) is 48.7 Å². The van der Waals surface area contributed by atoms with Crippen LogP contribution in [0.25, 0.3) is 0 Å². The van der Waals surface area contributed by atoms with Crippen LogP contribution in [0.5, 0.6) is 0 Å². The molecule has 4 nitrogen and oxygen atoms in total. The predicted molar refractivity (Wildman–Crippen MR) is 105 cm³/mol. The molecule has 2 heterocycles. The van der Waals surface area contributed by atoms with Gasteiger partial charge in [-0.15, -0.1) is 0 Å². The second kappa shape index (κ2) is 7.72. The van der Waals surface area contributed by atoms with Gasteiger partial charge in [0, 0.05) is 38.4 Å². The second-order valence-corrected chi connectivity index (χ2v) is 7.87. The molecule has 2 saturated heterocycles. The smallest absolute Gasteiger partial charge is 0.183 e. The second-order valence-electron chi connectivity index (χ2n) is 7.87. The van der Waals surface area contributed by atoms with Crippen LogP contribution in [0.2, 0.25) is 0 Å². The third-order valence-electron chi connectivity index (χ3n) is 6.27. The van der Waals surface area contributed by atoms with E-state index in [-0.39, 0.29) is 0 Å². The Morgan fingerprint density at radius 2 is 1.56 bits per heavy atom. The van der Waals surface area contributed by atoms with Gasteiger partial charge in [-0.3, -0.25) is 4.90 Å². The number of ether oxygens (including phenoxy) is 2. The van der Waals surface area contributed by atoms with Crippen LogP contribution >= 0.6 is 0 Å². The first kappa shape index (κ1) is 18.6. The summed E-state index contributed by atoms with van der Waals surface area (Å²) in [4.78, 5) is 2.59. The number of aliphatic hydroxyl groups is 1. The van der Waals surface area contributed by atoms with E-state index in [1.165, 1.54) is 5.56 Å². The van der Waals surface area contributed by atoms with Crippen molar-refractivity contribution in [3.8, 4) is 0 Å². The lowest BCUT2D eigenvalue weighted by Crippen LogP contribution is -2.49. The van der Waals surface area contributed by atoms with E-state index < -0.39 is 11.9 Å². The van der Waals surface area contributed by atoms with E-state index >= 15 is 0 Å². The molecule has 0 spiro atoms. The monoisotopic (exact) mass is 367 g/mol. The van der Waals surface area contributed by atoms with Gasteiger partial charge in [0.1, 0.15) is 0 Å². The minimum absolute atomic E-state index is 0.408. The third kappa shape index (κ3) is 3.55. The van der Waals surface area contributed by atoms with Crippen molar-refractivity contribution in [3.05, 3.63) is 71.3 Å². The molecule has 2 aromatic rings. The molecular formula is C23H29NO3. The zero-order chi connectivity index (χ0) is 18.9. The van der Waals surface area contributed by atoms with E-state index in [0.29, 0.717) is 12.1 Å². The van der Waals surface area contributed by atoms with Gasteiger partial charge in [0.15, 0.2) is 6.29 Å². The van der Waals surface area contributed by atoms with Gasteiger partial charge >= 0.3 is 0 Å². The molecule has 2 aromatic carbocycles. The number of methoxy groups -OCH3 is 2. The van der Waals surface area contributed by atoms with Crippen LogP contribution in [0.4, 0.5) is 0 Å². The molecular weight excluding hydrogens is 338 g/mol. The number of rotatable bonds is 6.